The first-order chi connectivity index (χ1) is 8.17. The zero-order chi connectivity index (χ0) is 12.4. The number of nitrogens with zero attached hydrogens (tertiary/aromatic N) is 1. The molecule has 0 radical (unpaired) electrons. The van der Waals surface area contributed by atoms with E-state index in [1.165, 1.54) is 6.07 Å². The number of aryl methyl sites for hydroxylation is 1. The number of hydrogen-bond acceptors (Lipinski definition) is 3. The highest BCUT2D eigenvalue weighted by Crippen LogP contribution is 2.29. The van der Waals surface area contributed by atoms with E-state index in [1.807, 2.05) is 19.9 Å². The Morgan fingerprint density at radius 2 is 2.18 bits per heavy atom. The van der Waals surface area contributed by atoms with E-state index in [-0.39, 0.29) is 5.82 Å². The first-order valence-electron chi connectivity index (χ1n) is 5.55. The Hall–Kier alpha value is -1.84. The normalized spacial score (nSPS) is 10.6. The summed E-state index contributed by atoms with van der Waals surface area (Å²) in [6.45, 7) is 4.67. The molecule has 0 aliphatic rings. The molecule has 4 heteroatoms. The molecule has 0 atom stereocenters. The van der Waals surface area contributed by atoms with Gasteiger partial charge in [-0.25, -0.2) is 9.37 Å². The van der Waals surface area contributed by atoms with Crippen LogP contribution < -0.4 is 10.1 Å². The second-order valence-electron chi connectivity index (χ2n) is 3.83. The molecule has 0 amide bonds. The fourth-order valence-electron chi connectivity index (χ4n) is 1.83. The predicted molar refractivity (Wildman–Crippen MR) is 67.2 cm³/mol. The van der Waals surface area contributed by atoms with E-state index < -0.39 is 0 Å². The summed E-state index contributed by atoms with van der Waals surface area (Å²) in [5.74, 6) is 1.02. The molecule has 90 valence electrons. The number of hydrogen-bond donors (Lipinski definition) is 1. The fraction of sp³-hybridized carbons (Fsp3) is 0.308. The summed E-state index contributed by atoms with van der Waals surface area (Å²) in [7, 11) is 1.57. The van der Waals surface area contributed by atoms with Crippen molar-refractivity contribution in [3.05, 3.63) is 29.6 Å². The smallest absolute Gasteiger partial charge is 0.149 e. The van der Waals surface area contributed by atoms with Crippen molar-refractivity contribution in [3.8, 4) is 5.75 Å². The second kappa shape index (κ2) is 4.57. The zero-order valence-electron chi connectivity index (χ0n) is 10.2. The van der Waals surface area contributed by atoms with Crippen LogP contribution >= 0.6 is 0 Å². The average molecular weight is 234 g/mol. The van der Waals surface area contributed by atoms with Crippen LogP contribution in [0.2, 0.25) is 0 Å². The van der Waals surface area contributed by atoms with Gasteiger partial charge in [0.1, 0.15) is 22.9 Å². The molecule has 3 nitrogen and oxygen atoms in total. The van der Waals surface area contributed by atoms with Gasteiger partial charge in [0.05, 0.1) is 7.11 Å². The van der Waals surface area contributed by atoms with Gasteiger partial charge in [0.25, 0.3) is 0 Å². The Balaban J connectivity index is 2.72. The lowest BCUT2D eigenvalue weighted by atomic mass is 10.1. The zero-order valence-corrected chi connectivity index (χ0v) is 10.2. The monoisotopic (exact) mass is 234 g/mol. The fourth-order valence-corrected chi connectivity index (χ4v) is 1.83. The van der Waals surface area contributed by atoms with Gasteiger partial charge in [0, 0.05) is 11.9 Å². The van der Waals surface area contributed by atoms with Crippen LogP contribution in [0.15, 0.2) is 18.2 Å². The summed E-state index contributed by atoms with van der Waals surface area (Å²) in [6, 6.07) is 4.88. The number of aromatic nitrogens is 1. The molecule has 0 saturated carbocycles. The van der Waals surface area contributed by atoms with Gasteiger partial charge in [-0.15, -0.1) is 0 Å². The summed E-state index contributed by atoms with van der Waals surface area (Å²) >= 11 is 0. The summed E-state index contributed by atoms with van der Waals surface area (Å²) in [6.07, 6.45) is 0. The topological polar surface area (TPSA) is 34.2 Å². The van der Waals surface area contributed by atoms with E-state index in [4.69, 9.17) is 4.74 Å². The maximum Gasteiger partial charge on any atom is 0.149 e. The van der Waals surface area contributed by atoms with Crippen LogP contribution in [0.1, 0.15) is 12.5 Å². The van der Waals surface area contributed by atoms with Crippen LogP contribution in [0, 0.1) is 12.7 Å². The molecule has 17 heavy (non-hydrogen) atoms. The van der Waals surface area contributed by atoms with Crippen molar-refractivity contribution in [2.45, 2.75) is 13.8 Å². The molecule has 2 aromatic rings. The number of ether oxygens (including phenoxy) is 1. The van der Waals surface area contributed by atoms with Gasteiger partial charge in [0.2, 0.25) is 0 Å². The Morgan fingerprint density at radius 1 is 1.41 bits per heavy atom. The molecule has 0 unspecified atom stereocenters. The lowest BCUT2D eigenvalue weighted by Gasteiger charge is -2.11. The molecule has 1 heterocycles. The van der Waals surface area contributed by atoms with Crippen molar-refractivity contribution >= 4 is 16.7 Å². The highest BCUT2D eigenvalue weighted by Gasteiger charge is 2.10. The summed E-state index contributed by atoms with van der Waals surface area (Å²) in [5.41, 5.74) is 1.31. The minimum atomic E-state index is -0.333. The number of nitrogens with one attached hydrogen (secondary N) is 1. The van der Waals surface area contributed by atoms with Crippen LogP contribution in [-0.4, -0.2) is 18.6 Å². The van der Waals surface area contributed by atoms with Crippen molar-refractivity contribution in [1.82, 2.24) is 4.98 Å². The van der Waals surface area contributed by atoms with Crippen LogP contribution in [0.4, 0.5) is 10.2 Å². The Labute approximate surface area is 99.6 Å². The highest BCUT2D eigenvalue weighted by atomic mass is 19.1. The van der Waals surface area contributed by atoms with Crippen molar-refractivity contribution in [2.75, 3.05) is 19.0 Å². The lowest BCUT2D eigenvalue weighted by Crippen LogP contribution is -2.02. The molecule has 0 aliphatic heterocycles. The molecule has 0 fully saturated rings. The van der Waals surface area contributed by atoms with Gasteiger partial charge in [-0.1, -0.05) is 0 Å². The number of methoxy groups -OCH3 is 1. The molecular weight excluding hydrogens is 219 g/mol. The predicted octanol–water partition coefficient (Wildman–Crippen LogP) is 3.12. The summed E-state index contributed by atoms with van der Waals surface area (Å²) in [5, 5.41) is 3.81. The first kappa shape index (κ1) is 11.6. The molecule has 2 rings (SSSR count). The van der Waals surface area contributed by atoms with Gasteiger partial charge in [-0.2, -0.15) is 0 Å². The van der Waals surface area contributed by atoms with Gasteiger partial charge in [-0.05, 0) is 37.6 Å². The summed E-state index contributed by atoms with van der Waals surface area (Å²) < 4.78 is 18.9. The van der Waals surface area contributed by atoms with Crippen LogP contribution in [0.25, 0.3) is 10.9 Å². The van der Waals surface area contributed by atoms with Gasteiger partial charge in [-0.3, -0.25) is 0 Å². The van der Waals surface area contributed by atoms with E-state index >= 15 is 0 Å². The molecule has 1 aromatic carbocycles. The van der Waals surface area contributed by atoms with E-state index in [9.17, 15) is 4.39 Å². The van der Waals surface area contributed by atoms with E-state index in [0.717, 1.165) is 12.1 Å². The molecule has 0 saturated heterocycles. The van der Waals surface area contributed by atoms with E-state index in [1.54, 1.807) is 13.2 Å². The molecule has 0 spiro atoms. The maximum atomic E-state index is 13.7. The Kier molecular flexibility index (Phi) is 3.13. The van der Waals surface area contributed by atoms with Gasteiger partial charge >= 0.3 is 0 Å². The first-order valence-corrected chi connectivity index (χ1v) is 5.55. The second-order valence-corrected chi connectivity index (χ2v) is 3.83. The van der Waals surface area contributed by atoms with Crippen LogP contribution in [-0.2, 0) is 0 Å². The van der Waals surface area contributed by atoms with Gasteiger partial charge < -0.3 is 10.1 Å². The van der Waals surface area contributed by atoms with Crippen molar-refractivity contribution in [1.29, 1.82) is 0 Å². The number of halogens is 1. The number of fused-ring (bicyclic) bond motifs is 1. The number of benzene rings is 1. The Morgan fingerprint density at radius 3 is 2.82 bits per heavy atom. The number of anilines is 1. The number of pyridine rings is 1. The maximum absolute atomic E-state index is 13.7. The minimum absolute atomic E-state index is 0.333. The number of rotatable bonds is 3. The SMILES string of the molecule is CCNc1nc2c(F)ccc(OC)c2cc1C. The standard InChI is InChI=1S/C13H15FN2O/c1-4-15-13-8(2)7-9-11(17-3)6-5-10(14)12(9)16-13/h5-7H,4H2,1-3H3,(H,15,16). The molecule has 1 aromatic heterocycles. The largest absolute Gasteiger partial charge is 0.496 e. The third-order valence-corrected chi connectivity index (χ3v) is 2.65. The lowest BCUT2D eigenvalue weighted by molar-refractivity contribution is 0.419. The molecule has 1 N–H and O–H groups in total. The third kappa shape index (κ3) is 2.02. The van der Waals surface area contributed by atoms with Gasteiger partial charge in [0.15, 0.2) is 0 Å². The average Bonchev–Trinajstić information content (AvgIpc) is 2.32. The third-order valence-electron chi connectivity index (χ3n) is 2.65. The van der Waals surface area contributed by atoms with E-state index in [0.29, 0.717) is 22.5 Å². The minimum Gasteiger partial charge on any atom is -0.496 e. The summed E-state index contributed by atoms with van der Waals surface area (Å²) in [4.78, 5) is 4.31. The van der Waals surface area contributed by atoms with Crippen molar-refractivity contribution in [2.24, 2.45) is 0 Å². The van der Waals surface area contributed by atoms with Crippen molar-refractivity contribution < 1.29 is 9.13 Å². The quantitative estimate of drug-likeness (QED) is 0.886. The van der Waals surface area contributed by atoms with Crippen molar-refractivity contribution in [3.63, 3.8) is 0 Å². The molecule has 0 bridgehead atoms. The molecule has 0 aliphatic carbocycles. The van der Waals surface area contributed by atoms with Crippen LogP contribution in [0.3, 0.4) is 0 Å². The van der Waals surface area contributed by atoms with E-state index in [2.05, 4.69) is 10.3 Å². The highest BCUT2D eigenvalue weighted by molar-refractivity contribution is 5.88. The Bertz CT molecular complexity index is 555. The van der Waals surface area contributed by atoms with Crippen LogP contribution in [0.5, 0.6) is 5.75 Å². The molecular formula is C13H15FN2O.